The first-order valence-corrected chi connectivity index (χ1v) is 9.88. The van der Waals surface area contributed by atoms with Crippen LogP contribution in [0.4, 0.5) is 8.78 Å². The second-order valence-electron chi connectivity index (χ2n) is 8.40. The number of hydrogen-bond donors (Lipinski definition) is 0. The van der Waals surface area contributed by atoms with E-state index in [1.807, 2.05) is 0 Å². The number of halogens is 2. The first-order valence-electron chi connectivity index (χ1n) is 9.88. The summed E-state index contributed by atoms with van der Waals surface area (Å²) in [7, 11) is 1.74. The molecule has 0 unspecified atom stereocenters. The summed E-state index contributed by atoms with van der Waals surface area (Å²) in [5.41, 5.74) is 3.31. The lowest BCUT2D eigenvalue weighted by Crippen LogP contribution is -2.22. The van der Waals surface area contributed by atoms with E-state index in [0.717, 1.165) is 18.1 Å². The normalized spacial score (nSPS) is 25.4. The number of benzene rings is 1. The van der Waals surface area contributed by atoms with Crippen molar-refractivity contribution < 1.29 is 13.3 Å². The zero-order chi connectivity index (χ0) is 21.1. The van der Waals surface area contributed by atoms with Crippen LogP contribution in [0, 0.1) is 23.5 Å². The quantitative estimate of drug-likeness (QED) is 0.503. The molecular weight excluding hydrogens is 406 g/mol. The molecule has 4 aliphatic carbocycles. The number of allylic oxidation sites excluding steroid dienone is 2. The Balaban J connectivity index is 1.20. The average molecular weight is 420 g/mol. The second kappa shape index (κ2) is 5.32. The maximum absolute atomic E-state index is 13.7. The summed E-state index contributed by atoms with van der Waals surface area (Å²) in [6.07, 6.45) is 3.77. The van der Waals surface area contributed by atoms with Crippen molar-refractivity contribution in [1.29, 1.82) is 0 Å². The van der Waals surface area contributed by atoms with Gasteiger partial charge in [0.15, 0.2) is 28.6 Å². The van der Waals surface area contributed by atoms with E-state index in [1.165, 1.54) is 22.5 Å². The molecule has 2 bridgehead atoms. The SMILES string of the molecule is Cn1cnc2ncn(Cc3nc([C@]45C6=C(c7ccc(F)c(F)c7)C[C@@H]4[C@H]65)no3)c(=O)c21. The zero-order valence-corrected chi connectivity index (χ0v) is 16.2. The molecule has 0 aliphatic heterocycles. The molecule has 3 heterocycles. The predicted octanol–water partition coefficient (Wildman–Crippen LogP) is 2.19. The maximum Gasteiger partial charge on any atom is 0.280 e. The van der Waals surface area contributed by atoms with Gasteiger partial charge in [-0.05, 0) is 41.2 Å². The van der Waals surface area contributed by atoms with Crippen LogP contribution < -0.4 is 5.56 Å². The van der Waals surface area contributed by atoms with E-state index >= 15 is 0 Å². The molecule has 2 saturated carbocycles. The molecule has 0 amide bonds. The maximum atomic E-state index is 13.7. The predicted molar refractivity (Wildman–Crippen MR) is 103 cm³/mol. The topological polar surface area (TPSA) is 91.6 Å². The Morgan fingerprint density at radius 3 is 2.87 bits per heavy atom. The van der Waals surface area contributed by atoms with Gasteiger partial charge in [0.05, 0.1) is 11.7 Å². The van der Waals surface area contributed by atoms with Gasteiger partial charge in [-0.2, -0.15) is 4.98 Å². The van der Waals surface area contributed by atoms with Gasteiger partial charge in [-0.1, -0.05) is 11.2 Å². The van der Waals surface area contributed by atoms with E-state index in [0.29, 0.717) is 40.3 Å². The lowest BCUT2D eigenvalue weighted by molar-refractivity contribution is 0.363. The lowest BCUT2D eigenvalue weighted by atomic mass is 10.1. The van der Waals surface area contributed by atoms with Gasteiger partial charge in [0, 0.05) is 13.0 Å². The summed E-state index contributed by atoms with van der Waals surface area (Å²) in [6.45, 7) is 0.112. The number of aromatic nitrogens is 6. The van der Waals surface area contributed by atoms with Crippen LogP contribution in [0.3, 0.4) is 0 Å². The van der Waals surface area contributed by atoms with Crippen molar-refractivity contribution >= 4 is 16.7 Å². The number of aryl methyl sites for hydroxylation is 1. The summed E-state index contributed by atoms with van der Waals surface area (Å²) in [4.78, 5) is 25.6. The standard InChI is InChI=1S/C21H14F2N6O2/c1-28-7-24-18-17(28)19(30)29(8-25-18)6-14-26-20(27-31-14)21-11-5-10(15(21)16(11)21)9-2-3-12(22)13(23)4-9/h2-4,7-8,11,16H,5-6H2,1H3/t11-,16-,21+/m1/s1. The molecule has 8 rings (SSSR count). The Kier molecular flexibility index (Phi) is 2.92. The molecule has 0 N–H and O–H groups in total. The minimum Gasteiger partial charge on any atom is -0.337 e. The Morgan fingerprint density at radius 2 is 2.06 bits per heavy atom. The van der Waals surface area contributed by atoms with Gasteiger partial charge in [0.2, 0.25) is 5.89 Å². The molecule has 154 valence electrons. The van der Waals surface area contributed by atoms with Crippen LogP contribution in [0.25, 0.3) is 16.7 Å². The van der Waals surface area contributed by atoms with E-state index in [4.69, 9.17) is 4.52 Å². The Bertz CT molecular complexity index is 1530. The number of hydrogen-bond acceptors (Lipinski definition) is 6. The highest BCUT2D eigenvalue weighted by Gasteiger charge is 2.89. The Morgan fingerprint density at radius 1 is 1.23 bits per heavy atom. The summed E-state index contributed by atoms with van der Waals surface area (Å²) in [5, 5.41) is 4.18. The van der Waals surface area contributed by atoms with E-state index in [9.17, 15) is 13.6 Å². The first kappa shape index (κ1) is 17.0. The van der Waals surface area contributed by atoms with E-state index in [-0.39, 0.29) is 17.5 Å². The molecule has 4 aromatic rings. The molecule has 1 aromatic carbocycles. The molecule has 0 spiro atoms. The molecule has 0 saturated heterocycles. The third kappa shape index (κ3) is 1.99. The van der Waals surface area contributed by atoms with E-state index in [1.54, 1.807) is 24.0 Å². The molecule has 3 aromatic heterocycles. The van der Waals surface area contributed by atoms with E-state index in [2.05, 4.69) is 20.1 Å². The van der Waals surface area contributed by atoms with Crippen LogP contribution in [0.1, 0.15) is 23.7 Å². The van der Waals surface area contributed by atoms with Gasteiger partial charge in [-0.25, -0.2) is 18.7 Å². The molecule has 3 atom stereocenters. The monoisotopic (exact) mass is 420 g/mol. The van der Waals surface area contributed by atoms with Crippen LogP contribution in [0.5, 0.6) is 0 Å². The smallest absolute Gasteiger partial charge is 0.280 e. The minimum atomic E-state index is -0.849. The van der Waals surface area contributed by atoms with Crippen molar-refractivity contribution in [1.82, 2.24) is 29.2 Å². The summed E-state index contributed by atoms with van der Waals surface area (Å²) < 4.78 is 35.4. The fraction of sp³-hybridized carbons (Fsp3) is 0.286. The molecule has 0 radical (unpaired) electrons. The number of nitrogens with zero attached hydrogens (tertiary/aromatic N) is 6. The van der Waals surface area contributed by atoms with Crippen molar-refractivity contribution in [3.63, 3.8) is 0 Å². The highest BCUT2D eigenvalue weighted by molar-refractivity contribution is 5.89. The average Bonchev–Trinajstić information content (AvgIpc) is 3.22. The molecule has 2 fully saturated rings. The van der Waals surface area contributed by atoms with Crippen molar-refractivity contribution in [2.45, 2.75) is 18.4 Å². The van der Waals surface area contributed by atoms with Crippen LogP contribution in [0.15, 0.2) is 45.7 Å². The van der Waals surface area contributed by atoms with Gasteiger partial charge in [0.1, 0.15) is 12.9 Å². The fourth-order valence-corrected chi connectivity index (χ4v) is 5.38. The van der Waals surface area contributed by atoms with Crippen LogP contribution in [0.2, 0.25) is 0 Å². The highest BCUT2D eigenvalue weighted by Crippen LogP contribution is 2.90. The number of imidazole rings is 1. The lowest BCUT2D eigenvalue weighted by Gasteiger charge is -2.02. The third-order valence-electron chi connectivity index (χ3n) is 6.90. The Hall–Kier alpha value is -3.69. The minimum absolute atomic E-state index is 0.112. The van der Waals surface area contributed by atoms with Crippen molar-refractivity contribution in [2.24, 2.45) is 18.9 Å². The van der Waals surface area contributed by atoms with E-state index < -0.39 is 11.6 Å². The molecule has 8 nitrogen and oxygen atoms in total. The van der Waals surface area contributed by atoms with Gasteiger partial charge in [-0.15, -0.1) is 0 Å². The van der Waals surface area contributed by atoms with Crippen LogP contribution >= 0.6 is 0 Å². The van der Waals surface area contributed by atoms with Gasteiger partial charge in [0.25, 0.3) is 5.56 Å². The van der Waals surface area contributed by atoms with Gasteiger partial charge in [-0.3, -0.25) is 9.36 Å². The molecule has 31 heavy (non-hydrogen) atoms. The van der Waals surface area contributed by atoms with Crippen LogP contribution in [-0.2, 0) is 19.0 Å². The third-order valence-corrected chi connectivity index (χ3v) is 6.90. The molecule has 4 aliphatic rings. The largest absolute Gasteiger partial charge is 0.337 e. The van der Waals surface area contributed by atoms with Gasteiger partial charge < -0.3 is 9.09 Å². The van der Waals surface area contributed by atoms with Crippen molar-refractivity contribution in [2.75, 3.05) is 0 Å². The molecular formula is C21H14F2N6O2. The zero-order valence-electron chi connectivity index (χ0n) is 16.2. The van der Waals surface area contributed by atoms with Crippen molar-refractivity contribution in [3.05, 3.63) is 75.7 Å². The summed E-state index contributed by atoms with van der Waals surface area (Å²) in [6, 6.07) is 4.03. The van der Waals surface area contributed by atoms with Crippen molar-refractivity contribution in [3.8, 4) is 0 Å². The summed E-state index contributed by atoms with van der Waals surface area (Å²) >= 11 is 0. The number of rotatable bonds is 4. The summed E-state index contributed by atoms with van der Waals surface area (Å²) in [5.74, 6) is -0.0273. The Labute approximate surface area is 172 Å². The number of fused-ring (bicyclic) bond motifs is 2. The molecule has 10 heteroatoms. The second-order valence-corrected chi connectivity index (χ2v) is 8.40. The first-order chi connectivity index (χ1) is 15.0. The fourth-order valence-electron chi connectivity index (χ4n) is 5.38. The van der Waals surface area contributed by atoms with Crippen LogP contribution in [-0.4, -0.2) is 29.2 Å². The van der Waals surface area contributed by atoms with Gasteiger partial charge >= 0.3 is 0 Å². The highest BCUT2D eigenvalue weighted by atomic mass is 19.2.